The average Bonchev–Trinajstić information content (AvgIpc) is 2.87. The van der Waals surface area contributed by atoms with E-state index >= 15 is 0 Å². The van der Waals surface area contributed by atoms with Gasteiger partial charge in [0.15, 0.2) is 0 Å². The maximum atomic E-state index is 12.4. The zero-order valence-corrected chi connectivity index (χ0v) is 26.1. The molecule has 1 aromatic rings. The predicted molar refractivity (Wildman–Crippen MR) is 174 cm³/mol. The molecule has 0 radical (unpaired) electrons. The Labute approximate surface area is 244 Å². The van der Waals surface area contributed by atoms with E-state index in [0.29, 0.717) is 5.75 Å². The van der Waals surface area contributed by atoms with Crippen molar-refractivity contribution in [3.63, 3.8) is 0 Å². The molecule has 40 heavy (non-hydrogen) atoms. The van der Waals surface area contributed by atoms with Crippen LogP contribution >= 0.6 is 0 Å². The standard InChI is InChI=1S/C38H50O2/c1-10-38(9,26-12-14-29(2)3)27-24-33-19-21-34(22-20-33)40-36(39)28-31(5)16-11-15-30(4)18-23-35-32(6)17-13-25-37(35,7)8/h10-11,14-16,18-24,27-28H,1,12-13,17,25-26H2,2-9H3/b16-11+,23-18-,27-24+,30-15+,31-28+/t38-/m1/s1. The topological polar surface area (TPSA) is 26.3 Å². The van der Waals surface area contributed by atoms with Crippen LogP contribution in [0.15, 0.2) is 113 Å². The molecule has 1 aliphatic rings. The lowest BCUT2D eigenvalue weighted by Crippen LogP contribution is -2.19. The van der Waals surface area contributed by atoms with Crippen LogP contribution in [0.1, 0.15) is 93.1 Å². The summed E-state index contributed by atoms with van der Waals surface area (Å²) in [7, 11) is 0. The highest BCUT2D eigenvalue weighted by atomic mass is 16.5. The van der Waals surface area contributed by atoms with Crippen molar-refractivity contribution >= 4 is 12.0 Å². The Morgan fingerprint density at radius 3 is 2.38 bits per heavy atom. The first-order valence-corrected chi connectivity index (χ1v) is 14.5. The Morgan fingerprint density at radius 2 is 1.75 bits per heavy atom. The van der Waals surface area contributed by atoms with Gasteiger partial charge in [-0.1, -0.05) is 104 Å². The average molecular weight is 539 g/mol. The van der Waals surface area contributed by atoms with Crippen molar-refractivity contribution in [1.29, 1.82) is 0 Å². The lowest BCUT2D eigenvalue weighted by atomic mass is 9.72. The number of carbonyl (C=O) groups is 1. The molecule has 1 atom stereocenters. The fraction of sp³-hybridized carbons (Fsp3) is 0.395. The van der Waals surface area contributed by atoms with Gasteiger partial charge in [0.05, 0.1) is 0 Å². The number of hydrogen-bond acceptors (Lipinski definition) is 2. The first-order valence-electron chi connectivity index (χ1n) is 14.5. The Hall–Kier alpha value is -3.39. The van der Waals surface area contributed by atoms with E-state index in [4.69, 9.17) is 4.74 Å². The van der Waals surface area contributed by atoms with E-state index in [9.17, 15) is 4.79 Å². The van der Waals surface area contributed by atoms with E-state index in [1.54, 1.807) is 0 Å². The molecule has 0 N–H and O–H groups in total. The van der Waals surface area contributed by atoms with Crippen LogP contribution in [-0.2, 0) is 4.79 Å². The summed E-state index contributed by atoms with van der Waals surface area (Å²) in [5.74, 6) is 0.146. The molecule has 0 heterocycles. The summed E-state index contributed by atoms with van der Waals surface area (Å²) in [6.07, 6.45) is 26.3. The summed E-state index contributed by atoms with van der Waals surface area (Å²) in [5.41, 5.74) is 7.53. The minimum atomic E-state index is -0.383. The van der Waals surface area contributed by atoms with Crippen molar-refractivity contribution < 1.29 is 9.53 Å². The number of rotatable bonds is 12. The SMILES string of the molecule is C=C[C@@](C)(/C=C/c1ccc(OC(=O)/C=C(C)/C=C/C=C(C)/C=C\C2=C(C)CCCC2(C)C)cc1)CCC=C(C)C. The van der Waals surface area contributed by atoms with Crippen molar-refractivity contribution in [1.82, 2.24) is 0 Å². The van der Waals surface area contributed by atoms with Crippen LogP contribution in [0.5, 0.6) is 5.75 Å². The van der Waals surface area contributed by atoms with E-state index in [2.05, 4.69) is 91.5 Å². The third kappa shape index (κ3) is 11.4. The zero-order chi connectivity index (χ0) is 29.8. The van der Waals surface area contributed by atoms with Gasteiger partial charge < -0.3 is 4.74 Å². The molecule has 0 amide bonds. The number of hydrogen-bond donors (Lipinski definition) is 0. The highest BCUT2D eigenvalue weighted by Gasteiger charge is 2.26. The van der Waals surface area contributed by atoms with Gasteiger partial charge in [0, 0.05) is 11.5 Å². The largest absolute Gasteiger partial charge is 0.423 e. The van der Waals surface area contributed by atoms with Crippen LogP contribution in [0.25, 0.3) is 6.08 Å². The monoisotopic (exact) mass is 538 g/mol. The second-order valence-corrected chi connectivity index (χ2v) is 12.3. The van der Waals surface area contributed by atoms with E-state index in [1.165, 1.54) is 47.6 Å². The minimum Gasteiger partial charge on any atom is -0.423 e. The molecule has 0 bridgehead atoms. The zero-order valence-electron chi connectivity index (χ0n) is 26.1. The summed E-state index contributed by atoms with van der Waals surface area (Å²) >= 11 is 0. The number of carbonyl (C=O) groups excluding carboxylic acids is 1. The molecule has 2 heteroatoms. The summed E-state index contributed by atoms with van der Waals surface area (Å²) in [6, 6.07) is 7.58. The first kappa shape index (κ1) is 32.8. The number of ether oxygens (including phenoxy) is 1. The lowest BCUT2D eigenvalue weighted by Gasteiger charge is -2.32. The molecule has 2 nitrogen and oxygen atoms in total. The van der Waals surface area contributed by atoms with E-state index in [-0.39, 0.29) is 16.8 Å². The van der Waals surface area contributed by atoms with Crippen LogP contribution in [0.2, 0.25) is 0 Å². The maximum absolute atomic E-state index is 12.4. The summed E-state index contributed by atoms with van der Waals surface area (Å²) < 4.78 is 5.52. The van der Waals surface area contributed by atoms with Gasteiger partial charge >= 0.3 is 5.97 Å². The van der Waals surface area contributed by atoms with Crippen molar-refractivity contribution in [2.75, 3.05) is 0 Å². The molecule has 0 aliphatic heterocycles. The van der Waals surface area contributed by atoms with Crippen molar-refractivity contribution in [2.45, 2.75) is 87.5 Å². The highest BCUT2D eigenvalue weighted by Crippen LogP contribution is 2.40. The third-order valence-electron chi connectivity index (χ3n) is 7.58. The normalized spacial score (nSPS) is 17.9. The molecular weight excluding hydrogens is 488 g/mol. The summed E-state index contributed by atoms with van der Waals surface area (Å²) in [6.45, 7) is 21.4. The Bertz CT molecular complexity index is 1230. The minimum absolute atomic E-state index is 0.0696. The van der Waals surface area contributed by atoms with E-state index in [0.717, 1.165) is 24.0 Å². The van der Waals surface area contributed by atoms with Crippen LogP contribution in [0.3, 0.4) is 0 Å². The maximum Gasteiger partial charge on any atom is 0.336 e. The first-order chi connectivity index (χ1) is 18.8. The van der Waals surface area contributed by atoms with Gasteiger partial charge in [-0.15, -0.1) is 6.58 Å². The third-order valence-corrected chi connectivity index (χ3v) is 7.58. The summed E-state index contributed by atoms with van der Waals surface area (Å²) in [4.78, 5) is 12.4. The van der Waals surface area contributed by atoms with Gasteiger partial charge in [-0.2, -0.15) is 0 Å². The molecule has 1 aromatic carbocycles. The molecule has 0 saturated heterocycles. The molecule has 2 rings (SSSR count). The molecule has 0 unspecified atom stereocenters. The number of allylic oxidation sites excluding steroid dienone is 13. The van der Waals surface area contributed by atoms with Gasteiger partial charge in [-0.05, 0) is 101 Å². The Kier molecular flexibility index (Phi) is 12.6. The van der Waals surface area contributed by atoms with Gasteiger partial charge in [0.2, 0.25) is 0 Å². The van der Waals surface area contributed by atoms with Gasteiger partial charge in [-0.25, -0.2) is 4.79 Å². The van der Waals surface area contributed by atoms with Crippen LogP contribution in [0, 0.1) is 10.8 Å². The van der Waals surface area contributed by atoms with Crippen LogP contribution < -0.4 is 4.74 Å². The Balaban J connectivity index is 1.93. The predicted octanol–water partition coefficient (Wildman–Crippen LogP) is 11.1. The molecule has 1 aliphatic carbocycles. The van der Waals surface area contributed by atoms with Crippen molar-refractivity contribution in [2.24, 2.45) is 10.8 Å². The Morgan fingerprint density at radius 1 is 1.05 bits per heavy atom. The number of benzene rings is 1. The van der Waals surface area contributed by atoms with Gasteiger partial charge in [0.25, 0.3) is 0 Å². The highest BCUT2D eigenvalue weighted by molar-refractivity contribution is 5.85. The quantitative estimate of drug-likeness (QED) is 0.0869. The molecule has 0 aromatic heterocycles. The second kappa shape index (κ2) is 15.4. The fourth-order valence-electron chi connectivity index (χ4n) is 4.87. The molecule has 0 saturated carbocycles. The lowest BCUT2D eigenvalue weighted by molar-refractivity contribution is -0.129. The molecule has 0 fully saturated rings. The summed E-state index contributed by atoms with van der Waals surface area (Å²) in [5, 5.41) is 0. The van der Waals surface area contributed by atoms with Gasteiger partial charge in [0.1, 0.15) is 5.75 Å². The molecular formula is C38H50O2. The fourth-order valence-corrected chi connectivity index (χ4v) is 4.87. The van der Waals surface area contributed by atoms with Crippen molar-refractivity contribution in [3.8, 4) is 5.75 Å². The van der Waals surface area contributed by atoms with E-state index < -0.39 is 0 Å². The van der Waals surface area contributed by atoms with E-state index in [1.807, 2.05) is 49.4 Å². The van der Waals surface area contributed by atoms with Gasteiger partial charge in [-0.3, -0.25) is 0 Å². The number of esters is 1. The van der Waals surface area contributed by atoms with Crippen molar-refractivity contribution in [3.05, 3.63) is 119 Å². The smallest absolute Gasteiger partial charge is 0.336 e. The molecule has 0 spiro atoms. The second-order valence-electron chi connectivity index (χ2n) is 12.3. The van der Waals surface area contributed by atoms with Crippen LogP contribution in [-0.4, -0.2) is 5.97 Å². The molecule has 214 valence electrons. The van der Waals surface area contributed by atoms with Crippen LogP contribution in [0.4, 0.5) is 0 Å².